The number of halogens is 1. The van der Waals surface area contributed by atoms with Gasteiger partial charge in [-0.25, -0.2) is 14.5 Å². The number of hydrogen-bond donors (Lipinski definition) is 1. The van der Waals surface area contributed by atoms with Gasteiger partial charge in [0.25, 0.3) is 0 Å². The minimum atomic E-state index is -0.774. The minimum Gasteiger partial charge on any atom is -0.469 e. The Morgan fingerprint density at radius 3 is 2.15 bits per heavy atom. The molecule has 0 aromatic heterocycles. The number of β-lactam (4-membered cyclic amide) rings is 1. The molecule has 7 nitrogen and oxygen atoms in total. The largest absolute Gasteiger partial charge is 0.469 e. The molecule has 1 unspecified atom stereocenters. The first-order valence-electron chi connectivity index (χ1n) is 11.4. The van der Waals surface area contributed by atoms with Gasteiger partial charge in [0.05, 0.1) is 5.56 Å². The van der Waals surface area contributed by atoms with E-state index < -0.39 is 29.2 Å². The fraction of sp³-hybridized carbons (Fsp3) is 0.423. The van der Waals surface area contributed by atoms with E-state index in [-0.39, 0.29) is 5.91 Å². The van der Waals surface area contributed by atoms with E-state index in [1.54, 1.807) is 24.3 Å². The van der Waals surface area contributed by atoms with E-state index in [9.17, 15) is 14.4 Å². The first-order chi connectivity index (χ1) is 16.0. The molecular formula is C26H31IN2O5. The van der Waals surface area contributed by atoms with E-state index >= 15 is 0 Å². The van der Waals surface area contributed by atoms with Crippen molar-refractivity contribution in [1.82, 2.24) is 10.2 Å². The first kappa shape index (κ1) is 26.0. The van der Waals surface area contributed by atoms with Gasteiger partial charge >= 0.3 is 12.0 Å². The number of carbonyl (C=O) groups is 3. The van der Waals surface area contributed by atoms with Crippen LogP contribution in [-0.4, -0.2) is 34.6 Å². The number of nitrogens with zero attached hydrogens (tertiary/aromatic N) is 1. The third-order valence-corrected chi connectivity index (χ3v) is 6.65. The molecule has 2 aromatic carbocycles. The SMILES string of the molecule is CCC1(CC)C(=O)N(C(=O)NCc2ccc(I)cc2)C1Oc1ccc(C(=O)OC(C)(C)C)cc1. The van der Waals surface area contributed by atoms with Crippen LogP contribution in [0.3, 0.4) is 0 Å². The second-order valence-corrected chi connectivity index (χ2v) is 10.6. The van der Waals surface area contributed by atoms with Crippen LogP contribution >= 0.6 is 22.6 Å². The molecule has 2 aromatic rings. The Labute approximate surface area is 214 Å². The molecule has 0 aliphatic carbocycles. The van der Waals surface area contributed by atoms with Crippen molar-refractivity contribution >= 4 is 40.5 Å². The predicted molar refractivity (Wildman–Crippen MR) is 137 cm³/mol. The van der Waals surface area contributed by atoms with Crippen molar-refractivity contribution in [2.45, 2.75) is 65.8 Å². The Hall–Kier alpha value is -2.62. The van der Waals surface area contributed by atoms with Gasteiger partial charge in [-0.2, -0.15) is 0 Å². The number of likely N-dealkylation sites (tertiary alicyclic amines) is 1. The average Bonchev–Trinajstić information content (AvgIpc) is 2.79. The lowest BCUT2D eigenvalue weighted by Gasteiger charge is -2.53. The van der Waals surface area contributed by atoms with Crippen molar-refractivity contribution in [2.24, 2.45) is 5.41 Å². The summed E-state index contributed by atoms with van der Waals surface area (Å²) in [5.74, 6) is -0.203. The molecule has 1 aliphatic heterocycles. The summed E-state index contributed by atoms with van der Waals surface area (Å²) < 4.78 is 12.6. The Morgan fingerprint density at radius 2 is 1.62 bits per heavy atom. The van der Waals surface area contributed by atoms with Crippen LogP contribution in [0.2, 0.25) is 0 Å². The van der Waals surface area contributed by atoms with Gasteiger partial charge in [0.2, 0.25) is 5.91 Å². The second kappa shape index (κ2) is 10.3. The molecule has 1 atom stereocenters. The standard InChI is InChI=1S/C26H31IN2O5/c1-6-26(7-2)22(31)29(24(32)28-16-17-8-12-19(27)13-9-17)23(26)33-20-14-10-18(11-15-20)21(30)34-25(3,4)5/h8-15,23H,6-7,16H2,1-5H3,(H,28,32). The third-order valence-electron chi connectivity index (χ3n) is 5.93. The monoisotopic (exact) mass is 578 g/mol. The highest BCUT2D eigenvalue weighted by Crippen LogP contribution is 2.46. The maximum Gasteiger partial charge on any atom is 0.338 e. The van der Waals surface area contributed by atoms with Gasteiger partial charge in [0.15, 0.2) is 6.23 Å². The van der Waals surface area contributed by atoms with Gasteiger partial charge in [0.1, 0.15) is 16.8 Å². The summed E-state index contributed by atoms with van der Waals surface area (Å²) in [6.07, 6.45) is 0.354. The zero-order valence-electron chi connectivity index (χ0n) is 20.2. The van der Waals surface area contributed by atoms with Crippen molar-refractivity contribution in [3.63, 3.8) is 0 Å². The molecule has 0 spiro atoms. The number of hydrogen-bond acceptors (Lipinski definition) is 5. The lowest BCUT2D eigenvalue weighted by Crippen LogP contribution is -2.73. The number of urea groups is 1. The number of amides is 3. The molecule has 8 heteroatoms. The number of carbonyl (C=O) groups excluding carboxylic acids is 3. The Kier molecular flexibility index (Phi) is 7.90. The van der Waals surface area contributed by atoms with E-state index in [1.165, 1.54) is 0 Å². The smallest absolute Gasteiger partial charge is 0.338 e. The summed E-state index contributed by atoms with van der Waals surface area (Å²) in [6, 6.07) is 13.8. The zero-order valence-corrected chi connectivity index (χ0v) is 22.3. The molecule has 0 radical (unpaired) electrons. The molecule has 3 rings (SSSR count). The van der Waals surface area contributed by atoms with Crippen LogP contribution < -0.4 is 10.1 Å². The third kappa shape index (κ3) is 5.54. The van der Waals surface area contributed by atoms with Crippen molar-refractivity contribution < 1.29 is 23.9 Å². The van der Waals surface area contributed by atoms with Crippen molar-refractivity contribution in [3.05, 3.63) is 63.2 Å². The number of ether oxygens (including phenoxy) is 2. The van der Waals surface area contributed by atoms with E-state index in [1.807, 2.05) is 58.9 Å². The number of nitrogens with one attached hydrogen (secondary N) is 1. The van der Waals surface area contributed by atoms with Gasteiger partial charge < -0.3 is 14.8 Å². The van der Waals surface area contributed by atoms with Crippen LogP contribution in [0, 0.1) is 8.99 Å². The Morgan fingerprint density at radius 1 is 1.03 bits per heavy atom. The Balaban J connectivity index is 1.73. The van der Waals surface area contributed by atoms with Gasteiger partial charge in [-0.15, -0.1) is 0 Å². The van der Waals surface area contributed by atoms with E-state index in [0.29, 0.717) is 30.7 Å². The highest BCUT2D eigenvalue weighted by molar-refractivity contribution is 14.1. The second-order valence-electron chi connectivity index (χ2n) is 9.32. The molecule has 34 heavy (non-hydrogen) atoms. The molecule has 1 N–H and O–H groups in total. The summed E-state index contributed by atoms with van der Waals surface area (Å²) in [6.45, 7) is 9.58. The highest BCUT2D eigenvalue weighted by Gasteiger charge is 2.62. The molecule has 0 saturated carbocycles. The number of benzene rings is 2. The van der Waals surface area contributed by atoms with Gasteiger partial charge in [-0.05, 0) is 98.2 Å². The van der Waals surface area contributed by atoms with Gasteiger partial charge in [0, 0.05) is 10.1 Å². The van der Waals surface area contributed by atoms with Crippen LogP contribution in [-0.2, 0) is 16.1 Å². The number of esters is 1. The summed E-state index contributed by atoms with van der Waals surface area (Å²) in [5.41, 5.74) is -0.0261. The fourth-order valence-electron chi connectivity index (χ4n) is 3.90. The molecule has 1 heterocycles. The molecule has 1 fully saturated rings. The first-order valence-corrected chi connectivity index (χ1v) is 12.4. The highest BCUT2D eigenvalue weighted by atomic mass is 127. The molecular weight excluding hydrogens is 547 g/mol. The molecule has 0 bridgehead atoms. The van der Waals surface area contributed by atoms with E-state index in [4.69, 9.17) is 9.47 Å². The summed E-state index contributed by atoms with van der Waals surface area (Å²) in [4.78, 5) is 39.4. The van der Waals surface area contributed by atoms with Crippen LogP contribution in [0.25, 0.3) is 0 Å². The van der Waals surface area contributed by atoms with Crippen molar-refractivity contribution in [1.29, 1.82) is 0 Å². The topological polar surface area (TPSA) is 84.9 Å². The zero-order chi connectivity index (χ0) is 25.1. The molecule has 1 aliphatic rings. The van der Waals surface area contributed by atoms with Crippen molar-refractivity contribution in [2.75, 3.05) is 0 Å². The van der Waals surface area contributed by atoms with Crippen LogP contribution in [0.4, 0.5) is 4.79 Å². The summed E-state index contributed by atoms with van der Waals surface area (Å²) in [7, 11) is 0. The van der Waals surface area contributed by atoms with Crippen molar-refractivity contribution in [3.8, 4) is 5.75 Å². The van der Waals surface area contributed by atoms with Gasteiger partial charge in [-0.3, -0.25) is 4.79 Å². The molecule has 3 amide bonds. The lowest BCUT2D eigenvalue weighted by atomic mass is 9.72. The van der Waals surface area contributed by atoms with Crippen LogP contribution in [0.5, 0.6) is 5.75 Å². The van der Waals surface area contributed by atoms with Gasteiger partial charge in [-0.1, -0.05) is 26.0 Å². The van der Waals surface area contributed by atoms with E-state index in [0.717, 1.165) is 14.0 Å². The predicted octanol–water partition coefficient (Wildman–Crippen LogP) is 5.51. The maximum absolute atomic E-state index is 13.0. The normalized spacial score (nSPS) is 17.1. The van der Waals surface area contributed by atoms with E-state index in [2.05, 4.69) is 27.9 Å². The fourth-order valence-corrected chi connectivity index (χ4v) is 4.26. The maximum atomic E-state index is 13.0. The molecule has 1 saturated heterocycles. The quantitative estimate of drug-likeness (QED) is 0.266. The Bertz CT molecular complexity index is 1040. The summed E-state index contributed by atoms with van der Waals surface area (Å²) >= 11 is 2.22. The molecule has 182 valence electrons. The number of rotatable bonds is 7. The van der Waals surface area contributed by atoms with Crippen LogP contribution in [0.1, 0.15) is 63.4 Å². The summed E-state index contributed by atoms with van der Waals surface area (Å²) in [5, 5.41) is 2.82. The minimum absolute atomic E-state index is 0.243. The number of imide groups is 1. The van der Waals surface area contributed by atoms with Crippen LogP contribution in [0.15, 0.2) is 48.5 Å². The lowest BCUT2D eigenvalue weighted by molar-refractivity contribution is -0.190. The average molecular weight is 578 g/mol.